The molecule has 0 heterocycles. The largest absolute Gasteiger partial charge is 0.507 e. The summed E-state index contributed by atoms with van der Waals surface area (Å²) in [6.07, 6.45) is 9.37. The summed E-state index contributed by atoms with van der Waals surface area (Å²) >= 11 is 5.49. The molecular formula is C20H27N3O3S. The molecule has 7 heteroatoms. The molecule has 0 unspecified atom stereocenters. The van der Waals surface area contributed by atoms with Crippen LogP contribution in [0.3, 0.4) is 0 Å². The minimum atomic E-state index is 0.0386. The van der Waals surface area contributed by atoms with Crippen LogP contribution in [-0.2, 0) is 0 Å². The summed E-state index contributed by atoms with van der Waals surface area (Å²) in [4.78, 5) is 0. The van der Waals surface area contributed by atoms with Crippen molar-refractivity contribution in [3.8, 4) is 17.2 Å². The van der Waals surface area contributed by atoms with Gasteiger partial charge in [-0.15, -0.1) is 0 Å². The third-order valence-electron chi connectivity index (χ3n) is 6.33. The quantitative estimate of drug-likeness (QED) is 0.408. The number of ether oxygens (including phenoxy) is 2. The Balaban J connectivity index is 1.40. The number of phenols is 1. The molecule has 1 aromatic rings. The molecule has 0 amide bonds. The van der Waals surface area contributed by atoms with Crippen LogP contribution in [0.5, 0.6) is 17.2 Å². The zero-order chi connectivity index (χ0) is 19.0. The molecule has 4 fully saturated rings. The number of thiocarbonyl (C=S) groups is 1. The van der Waals surface area contributed by atoms with Crippen LogP contribution in [0.4, 0.5) is 0 Å². The van der Waals surface area contributed by atoms with E-state index in [1.54, 1.807) is 6.07 Å². The van der Waals surface area contributed by atoms with E-state index in [4.69, 9.17) is 21.7 Å². The predicted molar refractivity (Wildman–Crippen MR) is 109 cm³/mol. The molecule has 4 bridgehead atoms. The van der Waals surface area contributed by atoms with Crippen molar-refractivity contribution in [3.63, 3.8) is 0 Å². The fourth-order valence-electron chi connectivity index (χ4n) is 5.69. The molecule has 27 heavy (non-hydrogen) atoms. The second-order valence-electron chi connectivity index (χ2n) is 8.28. The number of nitrogens with zero attached hydrogens (tertiary/aromatic N) is 1. The number of rotatable bonds is 5. The highest BCUT2D eigenvalue weighted by molar-refractivity contribution is 7.80. The van der Waals surface area contributed by atoms with E-state index in [0.29, 0.717) is 22.2 Å². The zero-order valence-electron chi connectivity index (χ0n) is 15.8. The summed E-state index contributed by atoms with van der Waals surface area (Å²) in [7, 11) is 3.08. The van der Waals surface area contributed by atoms with Crippen molar-refractivity contribution >= 4 is 23.5 Å². The van der Waals surface area contributed by atoms with E-state index in [1.807, 2.05) is 0 Å². The monoisotopic (exact) mass is 389 g/mol. The van der Waals surface area contributed by atoms with Gasteiger partial charge in [0.05, 0.1) is 26.0 Å². The molecule has 4 saturated carbocycles. The molecule has 4 aliphatic carbocycles. The van der Waals surface area contributed by atoms with Gasteiger partial charge in [-0.05, 0) is 68.5 Å². The Bertz CT molecular complexity index is 730. The number of benzene rings is 1. The van der Waals surface area contributed by atoms with Gasteiger partial charge in [-0.3, -0.25) is 5.43 Å². The SMILES string of the molecule is COc1cc(O)c(C=NNC(=S)NC23CC4CC(CC(C4)C2)C3)c(OC)c1. The van der Waals surface area contributed by atoms with E-state index >= 15 is 0 Å². The zero-order valence-corrected chi connectivity index (χ0v) is 16.6. The minimum absolute atomic E-state index is 0.0386. The lowest BCUT2D eigenvalue weighted by Gasteiger charge is -2.57. The van der Waals surface area contributed by atoms with E-state index in [2.05, 4.69) is 15.8 Å². The van der Waals surface area contributed by atoms with Crippen LogP contribution >= 0.6 is 12.2 Å². The maximum atomic E-state index is 10.2. The Morgan fingerprint density at radius 3 is 2.33 bits per heavy atom. The molecule has 5 rings (SSSR count). The first-order valence-electron chi connectivity index (χ1n) is 9.56. The van der Waals surface area contributed by atoms with Crippen molar-refractivity contribution in [1.82, 2.24) is 10.7 Å². The van der Waals surface area contributed by atoms with Gasteiger partial charge in [0, 0.05) is 17.7 Å². The van der Waals surface area contributed by atoms with Gasteiger partial charge in [0.15, 0.2) is 5.11 Å². The van der Waals surface area contributed by atoms with Gasteiger partial charge >= 0.3 is 0 Å². The van der Waals surface area contributed by atoms with E-state index in [9.17, 15) is 5.11 Å². The first-order chi connectivity index (χ1) is 13.0. The summed E-state index contributed by atoms with van der Waals surface area (Å²) in [6, 6.07) is 3.23. The van der Waals surface area contributed by atoms with Crippen molar-refractivity contribution in [3.05, 3.63) is 17.7 Å². The van der Waals surface area contributed by atoms with Crippen molar-refractivity contribution in [2.24, 2.45) is 22.9 Å². The lowest BCUT2D eigenvalue weighted by Crippen LogP contribution is -2.61. The number of nitrogens with one attached hydrogen (secondary N) is 2. The Kier molecular flexibility index (Phi) is 4.88. The Labute approximate surface area is 165 Å². The van der Waals surface area contributed by atoms with E-state index in [-0.39, 0.29) is 11.3 Å². The molecule has 1 aromatic carbocycles. The second-order valence-corrected chi connectivity index (χ2v) is 8.69. The molecule has 4 aliphatic rings. The van der Waals surface area contributed by atoms with Gasteiger partial charge in [0.25, 0.3) is 0 Å². The molecule has 3 N–H and O–H groups in total. The van der Waals surface area contributed by atoms with Crippen LogP contribution in [0, 0.1) is 17.8 Å². The van der Waals surface area contributed by atoms with Gasteiger partial charge in [-0.2, -0.15) is 5.10 Å². The standard InChI is InChI=1S/C20H27N3O3S/c1-25-15-6-17(24)16(18(7-15)26-2)11-21-23-19(27)22-20-8-12-3-13(9-20)5-14(4-12)10-20/h6-7,11-14,24H,3-5,8-10H2,1-2H3,(H2,22,23,27). The summed E-state index contributed by atoms with van der Waals surface area (Å²) in [5, 5.41) is 18.5. The molecule has 0 aliphatic heterocycles. The third-order valence-corrected chi connectivity index (χ3v) is 6.52. The molecule has 0 radical (unpaired) electrons. The lowest BCUT2D eigenvalue weighted by molar-refractivity contribution is -0.0101. The highest BCUT2D eigenvalue weighted by Gasteiger charge is 2.51. The Hall–Kier alpha value is -2.02. The molecule has 0 aromatic heterocycles. The van der Waals surface area contributed by atoms with Crippen LogP contribution in [0.1, 0.15) is 44.1 Å². The maximum Gasteiger partial charge on any atom is 0.187 e. The summed E-state index contributed by atoms with van der Waals surface area (Å²) < 4.78 is 10.4. The maximum absolute atomic E-state index is 10.2. The molecule has 146 valence electrons. The van der Waals surface area contributed by atoms with Gasteiger partial charge in [0.1, 0.15) is 17.2 Å². The minimum Gasteiger partial charge on any atom is -0.507 e. The van der Waals surface area contributed by atoms with Crippen LogP contribution in [0.2, 0.25) is 0 Å². The molecule has 0 atom stereocenters. The number of phenolic OH excluding ortho intramolecular Hbond substituents is 1. The van der Waals surface area contributed by atoms with Gasteiger partial charge in [0.2, 0.25) is 0 Å². The van der Waals surface area contributed by atoms with Crippen LogP contribution < -0.4 is 20.2 Å². The average Bonchev–Trinajstić information content (AvgIpc) is 2.61. The Morgan fingerprint density at radius 2 is 1.78 bits per heavy atom. The van der Waals surface area contributed by atoms with Crippen molar-refractivity contribution in [2.45, 2.75) is 44.1 Å². The van der Waals surface area contributed by atoms with E-state index in [1.165, 1.54) is 65.0 Å². The predicted octanol–water partition coefficient (Wildman–Crippen LogP) is 3.18. The smallest absolute Gasteiger partial charge is 0.187 e. The van der Waals surface area contributed by atoms with Gasteiger partial charge in [-0.1, -0.05) is 0 Å². The van der Waals surface area contributed by atoms with Gasteiger partial charge < -0.3 is 19.9 Å². The number of hydrogen-bond donors (Lipinski definition) is 3. The van der Waals surface area contributed by atoms with Crippen LogP contribution in [0.25, 0.3) is 0 Å². The van der Waals surface area contributed by atoms with Gasteiger partial charge in [-0.25, -0.2) is 0 Å². The number of methoxy groups -OCH3 is 2. The fraction of sp³-hybridized carbons (Fsp3) is 0.600. The number of hydrazone groups is 1. The van der Waals surface area contributed by atoms with Crippen LogP contribution in [0.15, 0.2) is 17.2 Å². The lowest BCUT2D eigenvalue weighted by atomic mass is 9.53. The molecular weight excluding hydrogens is 362 g/mol. The summed E-state index contributed by atoms with van der Waals surface area (Å²) in [5.74, 6) is 3.62. The van der Waals surface area contributed by atoms with Crippen LogP contribution in [-0.4, -0.2) is 36.2 Å². The first kappa shape index (κ1) is 18.3. The Morgan fingerprint density at radius 1 is 1.15 bits per heavy atom. The van der Waals surface area contributed by atoms with E-state index in [0.717, 1.165) is 17.8 Å². The molecule has 0 spiro atoms. The molecule has 0 saturated heterocycles. The summed E-state index contributed by atoms with van der Waals surface area (Å²) in [5.41, 5.74) is 3.53. The van der Waals surface area contributed by atoms with Crippen molar-refractivity contribution in [1.29, 1.82) is 0 Å². The number of hydrogen-bond acceptors (Lipinski definition) is 5. The highest BCUT2D eigenvalue weighted by Crippen LogP contribution is 2.55. The normalized spacial score (nSPS) is 31.1. The molecule has 6 nitrogen and oxygen atoms in total. The van der Waals surface area contributed by atoms with Crippen molar-refractivity contribution in [2.75, 3.05) is 14.2 Å². The van der Waals surface area contributed by atoms with E-state index < -0.39 is 0 Å². The third kappa shape index (κ3) is 3.70. The average molecular weight is 390 g/mol. The topological polar surface area (TPSA) is 75.1 Å². The fourth-order valence-corrected chi connectivity index (χ4v) is 5.96. The summed E-state index contributed by atoms with van der Waals surface area (Å²) in [6.45, 7) is 0. The first-order valence-corrected chi connectivity index (χ1v) is 9.97. The van der Waals surface area contributed by atoms with Crippen molar-refractivity contribution < 1.29 is 14.6 Å². The highest BCUT2D eigenvalue weighted by atomic mass is 32.1. The number of aromatic hydroxyl groups is 1. The second kappa shape index (κ2) is 7.19.